The van der Waals surface area contributed by atoms with Crippen LogP contribution in [0.1, 0.15) is 41.2 Å². The van der Waals surface area contributed by atoms with Crippen LogP contribution in [0.2, 0.25) is 0 Å². The van der Waals surface area contributed by atoms with Gasteiger partial charge in [0, 0.05) is 23.1 Å². The monoisotopic (exact) mass is 413 g/mol. The molecule has 29 heavy (non-hydrogen) atoms. The first-order valence-corrected chi connectivity index (χ1v) is 10.3. The SMILES string of the molecule is CCC[C@H]1C(=O)NC(c2cccs2)CN1C(=O)c1cc(-c2ccc(F)cc2)on1. The van der Waals surface area contributed by atoms with Gasteiger partial charge in [-0.05, 0) is 42.1 Å². The molecule has 2 aromatic heterocycles. The second kappa shape index (κ2) is 8.16. The number of hydrogen-bond acceptors (Lipinski definition) is 5. The van der Waals surface area contributed by atoms with Crippen molar-refractivity contribution in [3.63, 3.8) is 0 Å². The minimum Gasteiger partial charge on any atom is -0.355 e. The second-order valence-corrected chi connectivity index (χ2v) is 7.90. The number of amides is 2. The molecule has 0 bridgehead atoms. The van der Waals surface area contributed by atoms with Gasteiger partial charge in [-0.2, -0.15) is 0 Å². The highest BCUT2D eigenvalue weighted by molar-refractivity contribution is 7.10. The standard InChI is InChI=1S/C21H20FN3O3S/c1-2-4-17-20(26)23-16(19-5-3-10-29-19)12-25(17)21(27)15-11-18(28-24-15)13-6-8-14(22)9-7-13/h3,5-11,16-17H,2,4,12H2,1H3,(H,23,26)/t16?,17-/m0/s1. The van der Waals surface area contributed by atoms with Crippen molar-refractivity contribution in [1.82, 2.24) is 15.4 Å². The minimum atomic E-state index is -0.547. The van der Waals surface area contributed by atoms with E-state index in [0.29, 0.717) is 24.3 Å². The third kappa shape index (κ3) is 3.93. The molecule has 2 atom stereocenters. The van der Waals surface area contributed by atoms with Gasteiger partial charge in [-0.1, -0.05) is 24.6 Å². The molecule has 1 aromatic carbocycles. The Hall–Kier alpha value is -3.00. The average Bonchev–Trinajstić information content (AvgIpc) is 3.42. The molecule has 0 spiro atoms. The normalized spacial score (nSPS) is 19.2. The van der Waals surface area contributed by atoms with E-state index in [-0.39, 0.29) is 29.4 Å². The number of thiophene rings is 1. The largest absolute Gasteiger partial charge is 0.355 e. The fraction of sp³-hybridized carbons (Fsp3) is 0.286. The molecule has 1 aliphatic rings. The van der Waals surface area contributed by atoms with Gasteiger partial charge in [-0.15, -0.1) is 11.3 Å². The zero-order valence-corrected chi connectivity index (χ0v) is 16.6. The fourth-order valence-corrected chi connectivity index (χ4v) is 4.26. The van der Waals surface area contributed by atoms with Gasteiger partial charge >= 0.3 is 0 Å². The summed E-state index contributed by atoms with van der Waals surface area (Å²) in [6, 6.07) is 10.4. The number of nitrogens with one attached hydrogen (secondary N) is 1. The van der Waals surface area contributed by atoms with Crippen LogP contribution >= 0.6 is 11.3 Å². The molecule has 1 N–H and O–H groups in total. The highest BCUT2D eigenvalue weighted by atomic mass is 32.1. The van der Waals surface area contributed by atoms with E-state index in [0.717, 1.165) is 11.3 Å². The predicted octanol–water partition coefficient (Wildman–Crippen LogP) is 4.02. The lowest BCUT2D eigenvalue weighted by Crippen LogP contribution is -2.58. The number of piperazine rings is 1. The third-order valence-electron chi connectivity index (χ3n) is 4.94. The van der Waals surface area contributed by atoms with Crippen LogP contribution in [0, 0.1) is 5.82 Å². The van der Waals surface area contributed by atoms with Gasteiger partial charge in [0.15, 0.2) is 11.5 Å². The summed E-state index contributed by atoms with van der Waals surface area (Å²) in [7, 11) is 0. The van der Waals surface area contributed by atoms with E-state index < -0.39 is 6.04 Å². The van der Waals surface area contributed by atoms with Gasteiger partial charge in [0.2, 0.25) is 5.91 Å². The Bertz CT molecular complexity index is 1000. The highest BCUT2D eigenvalue weighted by Crippen LogP contribution is 2.28. The molecule has 6 nitrogen and oxygen atoms in total. The number of benzene rings is 1. The molecule has 3 aromatic rings. The Morgan fingerprint density at radius 3 is 2.83 bits per heavy atom. The van der Waals surface area contributed by atoms with E-state index >= 15 is 0 Å². The lowest BCUT2D eigenvalue weighted by atomic mass is 10.0. The van der Waals surface area contributed by atoms with Crippen molar-refractivity contribution in [2.24, 2.45) is 0 Å². The van der Waals surface area contributed by atoms with Crippen LogP contribution in [-0.4, -0.2) is 34.5 Å². The number of hydrogen-bond donors (Lipinski definition) is 1. The Morgan fingerprint density at radius 1 is 1.34 bits per heavy atom. The van der Waals surface area contributed by atoms with Gasteiger partial charge in [0.05, 0.1) is 6.04 Å². The smallest absolute Gasteiger partial charge is 0.276 e. The summed E-state index contributed by atoms with van der Waals surface area (Å²) in [6.07, 6.45) is 1.34. The van der Waals surface area contributed by atoms with Crippen molar-refractivity contribution in [2.45, 2.75) is 31.8 Å². The number of rotatable bonds is 5. The molecular formula is C21H20FN3O3S. The van der Waals surface area contributed by atoms with Crippen LogP contribution in [0.3, 0.4) is 0 Å². The number of nitrogens with zero attached hydrogens (tertiary/aromatic N) is 2. The van der Waals surface area contributed by atoms with Crippen LogP contribution in [0.15, 0.2) is 52.4 Å². The molecule has 1 fully saturated rings. The lowest BCUT2D eigenvalue weighted by Gasteiger charge is -2.38. The number of halogens is 1. The summed E-state index contributed by atoms with van der Waals surface area (Å²) in [5, 5.41) is 8.88. The van der Waals surface area contributed by atoms with Crippen LogP contribution in [0.25, 0.3) is 11.3 Å². The summed E-state index contributed by atoms with van der Waals surface area (Å²) in [5.41, 5.74) is 0.751. The van der Waals surface area contributed by atoms with Gasteiger partial charge in [0.1, 0.15) is 11.9 Å². The summed E-state index contributed by atoms with van der Waals surface area (Å²) >= 11 is 1.54. The van der Waals surface area contributed by atoms with E-state index in [1.165, 1.54) is 18.2 Å². The average molecular weight is 413 g/mol. The molecule has 0 aliphatic carbocycles. The predicted molar refractivity (Wildman–Crippen MR) is 107 cm³/mol. The second-order valence-electron chi connectivity index (χ2n) is 6.92. The van der Waals surface area contributed by atoms with Crippen LogP contribution in [0.5, 0.6) is 0 Å². The third-order valence-corrected chi connectivity index (χ3v) is 5.93. The van der Waals surface area contributed by atoms with Gasteiger partial charge in [0.25, 0.3) is 5.91 Å². The number of aromatic nitrogens is 1. The molecule has 2 amide bonds. The van der Waals surface area contributed by atoms with Crippen molar-refractivity contribution >= 4 is 23.2 Å². The summed E-state index contributed by atoms with van der Waals surface area (Å²) in [4.78, 5) is 28.5. The Morgan fingerprint density at radius 2 is 2.14 bits per heavy atom. The zero-order chi connectivity index (χ0) is 20.4. The summed E-state index contributed by atoms with van der Waals surface area (Å²) < 4.78 is 18.4. The van der Waals surface area contributed by atoms with Crippen molar-refractivity contribution in [3.05, 3.63) is 64.2 Å². The van der Waals surface area contributed by atoms with Gasteiger partial charge in [-0.25, -0.2) is 4.39 Å². The maximum Gasteiger partial charge on any atom is 0.276 e. The number of carbonyl (C=O) groups is 2. The molecule has 4 rings (SSSR count). The molecule has 3 heterocycles. The van der Waals surface area contributed by atoms with Crippen molar-refractivity contribution in [1.29, 1.82) is 0 Å². The zero-order valence-electron chi connectivity index (χ0n) is 15.8. The van der Waals surface area contributed by atoms with E-state index in [2.05, 4.69) is 10.5 Å². The molecular weight excluding hydrogens is 393 g/mol. The van der Waals surface area contributed by atoms with Crippen LogP contribution in [0.4, 0.5) is 4.39 Å². The molecule has 8 heteroatoms. The first kappa shape index (κ1) is 19.3. The Kier molecular flexibility index (Phi) is 5.44. The van der Waals surface area contributed by atoms with E-state index in [9.17, 15) is 14.0 Å². The topological polar surface area (TPSA) is 75.4 Å². The fourth-order valence-electron chi connectivity index (χ4n) is 3.49. The molecule has 1 unspecified atom stereocenters. The lowest BCUT2D eigenvalue weighted by molar-refractivity contribution is -0.129. The van der Waals surface area contributed by atoms with Crippen LogP contribution < -0.4 is 5.32 Å². The van der Waals surface area contributed by atoms with Crippen LogP contribution in [-0.2, 0) is 4.79 Å². The first-order valence-electron chi connectivity index (χ1n) is 9.44. The maximum atomic E-state index is 13.2. The molecule has 0 saturated carbocycles. The molecule has 150 valence electrons. The van der Waals surface area contributed by atoms with Gasteiger partial charge in [-0.3, -0.25) is 9.59 Å². The maximum absolute atomic E-state index is 13.2. The summed E-state index contributed by atoms with van der Waals surface area (Å²) in [5.74, 6) is -0.494. The van der Waals surface area contributed by atoms with Crippen molar-refractivity contribution < 1.29 is 18.5 Å². The first-order chi connectivity index (χ1) is 14.1. The molecule has 0 radical (unpaired) electrons. The molecule has 1 aliphatic heterocycles. The van der Waals surface area contributed by atoms with E-state index in [4.69, 9.17) is 4.52 Å². The summed E-state index contributed by atoms with van der Waals surface area (Å²) in [6.45, 7) is 2.35. The minimum absolute atomic E-state index is 0.130. The quantitative estimate of drug-likeness (QED) is 0.685. The van der Waals surface area contributed by atoms with Gasteiger partial charge < -0.3 is 14.7 Å². The number of carbonyl (C=O) groups excluding carboxylic acids is 2. The highest BCUT2D eigenvalue weighted by Gasteiger charge is 2.38. The Balaban J connectivity index is 1.60. The van der Waals surface area contributed by atoms with Crippen molar-refractivity contribution in [3.8, 4) is 11.3 Å². The van der Waals surface area contributed by atoms with E-state index in [1.807, 2.05) is 24.4 Å². The van der Waals surface area contributed by atoms with Crippen molar-refractivity contribution in [2.75, 3.05) is 6.54 Å². The Labute approximate surface area is 171 Å². The van der Waals surface area contributed by atoms with E-state index in [1.54, 1.807) is 28.4 Å². The molecule has 1 saturated heterocycles.